The summed E-state index contributed by atoms with van der Waals surface area (Å²) in [4.78, 5) is 26.1. The number of anilines is 5. The smallest absolute Gasteiger partial charge is 0.255 e. The van der Waals surface area contributed by atoms with Gasteiger partial charge in [-0.3, -0.25) is 4.79 Å². The standard InChI is InChI=1S/C27H28N6O4/c1-16-10-11-28-23(12-16)33-25-15-24(29-17(2)30-25)31-19-6-8-20(9-7-19)32-27(34)18-13-21(35-3)26(37-5)22(14-18)36-4/h6-15H,1-5H3,(H,32,34)(H2,28,29,30,31,33). The van der Waals surface area contributed by atoms with Crippen LogP contribution in [0.4, 0.5) is 28.8 Å². The van der Waals surface area contributed by atoms with Crippen molar-refractivity contribution in [2.24, 2.45) is 0 Å². The van der Waals surface area contributed by atoms with E-state index >= 15 is 0 Å². The summed E-state index contributed by atoms with van der Waals surface area (Å²) in [6.07, 6.45) is 1.74. The molecule has 10 nitrogen and oxygen atoms in total. The number of nitrogens with one attached hydrogen (secondary N) is 3. The predicted octanol–water partition coefficient (Wildman–Crippen LogP) is 5.25. The lowest BCUT2D eigenvalue weighted by Crippen LogP contribution is -2.12. The first kappa shape index (κ1) is 25.2. The van der Waals surface area contributed by atoms with Crippen LogP contribution in [0.15, 0.2) is 60.8 Å². The number of hydrogen-bond acceptors (Lipinski definition) is 9. The van der Waals surface area contributed by atoms with Gasteiger partial charge in [0.1, 0.15) is 23.3 Å². The minimum atomic E-state index is -0.313. The maximum Gasteiger partial charge on any atom is 0.255 e. The first-order chi connectivity index (χ1) is 17.9. The molecular formula is C27H28N6O4. The highest BCUT2D eigenvalue weighted by Gasteiger charge is 2.17. The first-order valence-electron chi connectivity index (χ1n) is 11.4. The molecule has 2 aromatic carbocycles. The van der Waals surface area contributed by atoms with Crippen molar-refractivity contribution in [1.29, 1.82) is 0 Å². The molecule has 3 N–H and O–H groups in total. The van der Waals surface area contributed by atoms with Crippen LogP contribution in [0, 0.1) is 13.8 Å². The molecule has 0 spiro atoms. The third-order valence-electron chi connectivity index (χ3n) is 5.35. The molecule has 4 aromatic rings. The van der Waals surface area contributed by atoms with E-state index in [1.807, 2.05) is 38.1 Å². The van der Waals surface area contributed by atoms with E-state index in [1.54, 1.807) is 36.5 Å². The summed E-state index contributed by atoms with van der Waals surface area (Å²) in [6, 6.07) is 16.1. The van der Waals surface area contributed by atoms with Crippen molar-refractivity contribution in [3.63, 3.8) is 0 Å². The molecule has 1 amide bonds. The number of nitrogens with zero attached hydrogens (tertiary/aromatic N) is 3. The van der Waals surface area contributed by atoms with E-state index in [-0.39, 0.29) is 5.91 Å². The molecule has 37 heavy (non-hydrogen) atoms. The molecule has 190 valence electrons. The van der Waals surface area contributed by atoms with Crippen molar-refractivity contribution in [3.8, 4) is 17.2 Å². The second kappa shape index (κ2) is 11.3. The Morgan fingerprint density at radius 3 is 1.95 bits per heavy atom. The number of rotatable bonds is 9. The van der Waals surface area contributed by atoms with Crippen molar-refractivity contribution < 1.29 is 19.0 Å². The van der Waals surface area contributed by atoms with E-state index in [9.17, 15) is 4.79 Å². The Hall–Kier alpha value is -4.86. The largest absolute Gasteiger partial charge is 0.493 e. The van der Waals surface area contributed by atoms with Gasteiger partial charge in [-0.25, -0.2) is 15.0 Å². The third kappa shape index (κ3) is 6.23. The van der Waals surface area contributed by atoms with Crippen LogP contribution in [0.3, 0.4) is 0 Å². The van der Waals surface area contributed by atoms with Gasteiger partial charge < -0.3 is 30.2 Å². The van der Waals surface area contributed by atoms with E-state index in [2.05, 4.69) is 30.9 Å². The number of pyridine rings is 1. The molecular weight excluding hydrogens is 472 g/mol. The van der Waals surface area contributed by atoms with Gasteiger partial charge in [0, 0.05) is 29.2 Å². The molecule has 2 aromatic heterocycles. The van der Waals surface area contributed by atoms with E-state index in [0.717, 1.165) is 11.3 Å². The molecule has 10 heteroatoms. The zero-order valence-corrected chi connectivity index (χ0v) is 21.2. The van der Waals surface area contributed by atoms with E-state index in [1.165, 1.54) is 21.3 Å². The number of benzene rings is 2. The lowest BCUT2D eigenvalue weighted by atomic mass is 10.1. The SMILES string of the molecule is COc1cc(C(=O)Nc2ccc(Nc3cc(Nc4cc(C)ccn4)nc(C)n3)cc2)cc(OC)c1OC. The van der Waals surface area contributed by atoms with Gasteiger partial charge in [0.25, 0.3) is 5.91 Å². The van der Waals surface area contributed by atoms with E-state index in [0.29, 0.717) is 51.8 Å². The number of amides is 1. The van der Waals surface area contributed by atoms with Crippen LogP contribution < -0.4 is 30.2 Å². The number of hydrogen-bond donors (Lipinski definition) is 3. The van der Waals surface area contributed by atoms with Crippen molar-refractivity contribution >= 4 is 34.7 Å². The number of ether oxygens (including phenoxy) is 3. The Morgan fingerprint density at radius 1 is 0.730 bits per heavy atom. The van der Waals surface area contributed by atoms with Crippen LogP contribution in [-0.2, 0) is 0 Å². The maximum atomic E-state index is 12.9. The van der Waals surface area contributed by atoms with Crippen molar-refractivity contribution in [1.82, 2.24) is 15.0 Å². The molecule has 0 aliphatic rings. The van der Waals surface area contributed by atoms with Gasteiger partial charge in [-0.15, -0.1) is 0 Å². The second-order valence-electron chi connectivity index (χ2n) is 8.10. The van der Waals surface area contributed by atoms with Crippen LogP contribution in [0.5, 0.6) is 17.2 Å². The number of aryl methyl sites for hydroxylation is 2. The van der Waals surface area contributed by atoms with Crippen molar-refractivity contribution in [2.75, 3.05) is 37.3 Å². The highest BCUT2D eigenvalue weighted by atomic mass is 16.5. The Labute approximate surface area is 215 Å². The van der Waals surface area contributed by atoms with Crippen LogP contribution in [0.25, 0.3) is 0 Å². The van der Waals surface area contributed by atoms with E-state index in [4.69, 9.17) is 14.2 Å². The average Bonchev–Trinajstić information content (AvgIpc) is 2.88. The summed E-state index contributed by atoms with van der Waals surface area (Å²) in [7, 11) is 4.52. The Morgan fingerprint density at radius 2 is 1.35 bits per heavy atom. The molecule has 0 bridgehead atoms. The monoisotopic (exact) mass is 500 g/mol. The lowest BCUT2D eigenvalue weighted by Gasteiger charge is -2.14. The quantitative estimate of drug-likeness (QED) is 0.283. The van der Waals surface area contributed by atoms with Gasteiger partial charge in [0.2, 0.25) is 5.75 Å². The van der Waals surface area contributed by atoms with E-state index < -0.39 is 0 Å². The van der Waals surface area contributed by atoms with Gasteiger partial charge in [0.15, 0.2) is 11.5 Å². The molecule has 4 rings (SSSR count). The molecule has 0 atom stereocenters. The molecule has 0 aliphatic heterocycles. The second-order valence-corrected chi connectivity index (χ2v) is 8.10. The summed E-state index contributed by atoms with van der Waals surface area (Å²) in [5.74, 6) is 3.47. The topological polar surface area (TPSA) is 120 Å². The summed E-state index contributed by atoms with van der Waals surface area (Å²) < 4.78 is 16.0. The fourth-order valence-electron chi connectivity index (χ4n) is 3.63. The minimum Gasteiger partial charge on any atom is -0.493 e. The highest BCUT2D eigenvalue weighted by molar-refractivity contribution is 6.05. The van der Waals surface area contributed by atoms with Crippen molar-refractivity contribution in [2.45, 2.75) is 13.8 Å². The summed E-state index contributed by atoms with van der Waals surface area (Å²) in [5, 5.41) is 9.35. The van der Waals surface area contributed by atoms with Gasteiger partial charge in [-0.2, -0.15) is 0 Å². The molecule has 0 unspecified atom stereocenters. The Bertz CT molecular complexity index is 1380. The van der Waals surface area contributed by atoms with Crippen LogP contribution in [0.1, 0.15) is 21.7 Å². The van der Waals surface area contributed by atoms with Gasteiger partial charge in [0.05, 0.1) is 21.3 Å². The molecule has 0 radical (unpaired) electrons. The maximum absolute atomic E-state index is 12.9. The van der Waals surface area contributed by atoms with Gasteiger partial charge >= 0.3 is 0 Å². The summed E-state index contributed by atoms with van der Waals surface area (Å²) >= 11 is 0. The van der Waals surface area contributed by atoms with Crippen LogP contribution >= 0.6 is 0 Å². The van der Waals surface area contributed by atoms with Gasteiger partial charge in [-0.1, -0.05) is 0 Å². The average molecular weight is 501 g/mol. The number of methoxy groups -OCH3 is 3. The van der Waals surface area contributed by atoms with Crippen molar-refractivity contribution in [3.05, 3.63) is 77.7 Å². The highest BCUT2D eigenvalue weighted by Crippen LogP contribution is 2.38. The summed E-state index contributed by atoms with van der Waals surface area (Å²) in [6.45, 7) is 3.82. The van der Waals surface area contributed by atoms with Gasteiger partial charge in [-0.05, 0) is 67.9 Å². The Balaban J connectivity index is 1.45. The zero-order chi connectivity index (χ0) is 26.4. The van der Waals surface area contributed by atoms with Crippen LogP contribution in [0.2, 0.25) is 0 Å². The number of carbonyl (C=O) groups excluding carboxylic acids is 1. The molecule has 0 saturated carbocycles. The zero-order valence-electron chi connectivity index (χ0n) is 21.2. The number of carbonyl (C=O) groups is 1. The van der Waals surface area contributed by atoms with Crippen LogP contribution in [-0.4, -0.2) is 42.2 Å². The normalized spacial score (nSPS) is 10.4. The summed E-state index contributed by atoms with van der Waals surface area (Å²) in [5.41, 5.74) is 2.88. The molecule has 0 aliphatic carbocycles. The molecule has 0 saturated heterocycles. The number of aromatic nitrogens is 3. The first-order valence-corrected chi connectivity index (χ1v) is 11.4. The predicted molar refractivity (Wildman–Crippen MR) is 143 cm³/mol. The lowest BCUT2D eigenvalue weighted by molar-refractivity contribution is 0.102. The molecule has 0 fully saturated rings. The molecule has 2 heterocycles. The third-order valence-corrected chi connectivity index (χ3v) is 5.35. The fourth-order valence-corrected chi connectivity index (χ4v) is 3.63. The fraction of sp³-hybridized carbons (Fsp3) is 0.185. The Kier molecular flexibility index (Phi) is 7.68. The minimum absolute atomic E-state index is 0.313.